The molecule has 16 heavy (non-hydrogen) atoms. The minimum absolute atomic E-state index is 0.233. The Morgan fingerprint density at radius 2 is 2.31 bits per heavy atom. The second kappa shape index (κ2) is 4.69. The Bertz CT molecular complexity index is 382. The first-order chi connectivity index (χ1) is 7.57. The van der Waals surface area contributed by atoms with Gasteiger partial charge in [0.05, 0.1) is 11.9 Å². The summed E-state index contributed by atoms with van der Waals surface area (Å²) in [5.74, 6) is -1.14. The largest absolute Gasteiger partial charge is 0.479 e. The quantitative estimate of drug-likeness (QED) is 0.723. The zero-order chi connectivity index (χ0) is 12.2. The van der Waals surface area contributed by atoms with Gasteiger partial charge in [-0.05, 0) is 13.8 Å². The molecule has 0 spiro atoms. The molecular weight excluding hydrogens is 210 g/mol. The van der Waals surface area contributed by atoms with E-state index in [1.807, 2.05) is 0 Å². The van der Waals surface area contributed by atoms with Crippen molar-refractivity contribution < 1.29 is 14.7 Å². The molecule has 1 unspecified atom stereocenters. The molecule has 1 aromatic rings. The first-order valence-corrected chi connectivity index (χ1v) is 4.79. The monoisotopic (exact) mass is 223 g/mol. The van der Waals surface area contributed by atoms with Crippen LogP contribution in [0, 0.1) is 0 Å². The average molecular weight is 223 g/mol. The molecule has 0 saturated carbocycles. The van der Waals surface area contributed by atoms with E-state index in [2.05, 4.69) is 9.97 Å². The summed E-state index contributed by atoms with van der Waals surface area (Å²) in [4.78, 5) is 31.1. The van der Waals surface area contributed by atoms with E-state index in [9.17, 15) is 14.7 Å². The van der Waals surface area contributed by atoms with Crippen LogP contribution in [0.5, 0.6) is 0 Å². The molecule has 0 aliphatic rings. The van der Waals surface area contributed by atoms with E-state index < -0.39 is 11.5 Å². The summed E-state index contributed by atoms with van der Waals surface area (Å²) in [7, 11) is 0. The highest BCUT2D eigenvalue weighted by atomic mass is 16.4. The van der Waals surface area contributed by atoms with Crippen molar-refractivity contribution in [1.29, 1.82) is 0 Å². The summed E-state index contributed by atoms with van der Waals surface area (Å²) in [5, 5.41) is 9.25. The highest BCUT2D eigenvalue weighted by molar-refractivity contribution is 5.82. The van der Waals surface area contributed by atoms with Crippen LogP contribution in [0.25, 0.3) is 0 Å². The van der Waals surface area contributed by atoms with Gasteiger partial charge in [-0.25, -0.2) is 4.79 Å². The lowest BCUT2D eigenvalue weighted by molar-refractivity contribution is -0.155. The molecule has 0 saturated heterocycles. The highest BCUT2D eigenvalue weighted by Gasteiger charge is 2.42. The fourth-order valence-electron chi connectivity index (χ4n) is 1.43. The SMILES string of the molecule is CCN(C=O)C(C)(C(=O)O)c1cnccn1. The number of likely N-dealkylation sites (N-methyl/N-ethyl adjacent to an activating group) is 1. The molecule has 1 atom stereocenters. The Labute approximate surface area is 92.9 Å². The lowest BCUT2D eigenvalue weighted by Gasteiger charge is -2.33. The van der Waals surface area contributed by atoms with E-state index in [0.717, 1.165) is 0 Å². The third-order valence-electron chi connectivity index (χ3n) is 2.52. The van der Waals surface area contributed by atoms with Crippen molar-refractivity contribution in [3.8, 4) is 0 Å². The van der Waals surface area contributed by atoms with Crippen molar-refractivity contribution in [3.63, 3.8) is 0 Å². The maximum atomic E-state index is 11.3. The Morgan fingerprint density at radius 1 is 1.62 bits per heavy atom. The minimum Gasteiger partial charge on any atom is -0.479 e. The zero-order valence-electron chi connectivity index (χ0n) is 9.12. The number of carbonyl (C=O) groups excluding carboxylic acids is 1. The number of amides is 1. The summed E-state index contributed by atoms with van der Waals surface area (Å²) in [6, 6.07) is 0. The van der Waals surface area contributed by atoms with Gasteiger partial charge in [0.25, 0.3) is 0 Å². The first kappa shape index (κ1) is 12.1. The normalized spacial score (nSPS) is 13.9. The van der Waals surface area contributed by atoms with Crippen molar-refractivity contribution >= 4 is 12.4 Å². The van der Waals surface area contributed by atoms with Gasteiger partial charge in [-0.3, -0.25) is 14.8 Å². The number of rotatable bonds is 5. The van der Waals surface area contributed by atoms with Crippen LogP contribution >= 0.6 is 0 Å². The molecule has 86 valence electrons. The average Bonchev–Trinajstić information content (AvgIpc) is 2.31. The van der Waals surface area contributed by atoms with Crippen LogP contribution in [-0.4, -0.2) is 38.9 Å². The molecule has 0 bridgehead atoms. The van der Waals surface area contributed by atoms with E-state index in [1.165, 1.54) is 30.4 Å². The van der Waals surface area contributed by atoms with Crippen LogP contribution in [0.2, 0.25) is 0 Å². The summed E-state index contributed by atoms with van der Waals surface area (Å²) in [6.07, 6.45) is 4.70. The summed E-state index contributed by atoms with van der Waals surface area (Å²) in [5.41, 5.74) is -1.25. The molecule has 0 aliphatic heterocycles. The van der Waals surface area contributed by atoms with Gasteiger partial charge in [0.15, 0.2) is 5.54 Å². The second-order valence-corrected chi connectivity index (χ2v) is 3.36. The molecule has 1 rings (SSSR count). The van der Waals surface area contributed by atoms with Crippen LogP contribution in [-0.2, 0) is 15.1 Å². The molecule has 1 amide bonds. The van der Waals surface area contributed by atoms with Gasteiger partial charge in [-0.2, -0.15) is 0 Å². The summed E-state index contributed by atoms with van der Waals surface area (Å²) >= 11 is 0. The number of carboxylic acid groups (broad SMARTS) is 1. The Balaban J connectivity index is 3.26. The standard InChI is InChI=1S/C10H13N3O3/c1-3-13(7-14)10(2,9(15)16)8-6-11-4-5-12-8/h4-7H,3H2,1-2H3,(H,15,16). The number of carboxylic acids is 1. The molecule has 1 N–H and O–H groups in total. The van der Waals surface area contributed by atoms with Gasteiger partial charge < -0.3 is 10.0 Å². The van der Waals surface area contributed by atoms with Gasteiger partial charge in [-0.15, -0.1) is 0 Å². The van der Waals surface area contributed by atoms with Gasteiger partial charge in [0, 0.05) is 18.9 Å². The van der Waals surface area contributed by atoms with Crippen LogP contribution in [0.1, 0.15) is 19.5 Å². The molecule has 1 heterocycles. The lowest BCUT2D eigenvalue weighted by atomic mass is 9.96. The molecule has 0 aliphatic carbocycles. The van der Waals surface area contributed by atoms with Gasteiger partial charge in [-0.1, -0.05) is 0 Å². The molecule has 0 fully saturated rings. The van der Waals surface area contributed by atoms with Crippen molar-refractivity contribution in [1.82, 2.24) is 14.9 Å². The zero-order valence-corrected chi connectivity index (χ0v) is 9.12. The summed E-state index contributed by atoms with van der Waals surface area (Å²) < 4.78 is 0. The van der Waals surface area contributed by atoms with Crippen LogP contribution in [0.15, 0.2) is 18.6 Å². The number of hydrogen-bond acceptors (Lipinski definition) is 4. The van der Waals surface area contributed by atoms with E-state index in [4.69, 9.17) is 0 Å². The number of aromatic nitrogens is 2. The Morgan fingerprint density at radius 3 is 2.69 bits per heavy atom. The molecular formula is C10H13N3O3. The van der Waals surface area contributed by atoms with Gasteiger partial charge in [0.1, 0.15) is 0 Å². The Hall–Kier alpha value is -1.98. The summed E-state index contributed by atoms with van der Waals surface area (Å²) in [6.45, 7) is 3.41. The molecule has 6 heteroatoms. The van der Waals surface area contributed by atoms with E-state index >= 15 is 0 Å². The number of carbonyl (C=O) groups is 2. The van der Waals surface area contributed by atoms with Crippen molar-refractivity contribution in [2.75, 3.05) is 6.54 Å². The number of hydrogen-bond donors (Lipinski definition) is 1. The van der Waals surface area contributed by atoms with E-state index in [1.54, 1.807) is 6.92 Å². The van der Waals surface area contributed by atoms with Crippen molar-refractivity contribution in [2.24, 2.45) is 0 Å². The molecule has 1 aromatic heterocycles. The lowest BCUT2D eigenvalue weighted by Crippen LogP contribution is -2.49. The molecule has 6 nitrogen and oxygen atoms in total. The van der Waals surface area contributed by atoms with Gasteiger partial charge in [0.2, 0.25) is 6.41 Å². The van der Waals surface area contributed by atoms with E-state index in [0.29, 0.717) is 6.41 Å². The van der Waals surface area contributed by atoms with E-state index in [-0.39, 0.29) is 12.2 Å². The van der Waals surface area contributed by atoms with Crippen molar-refractivity contribution in [2.45, 2.75) is 19.4 Å². The molecule has 0 radical (unpaired) electrons. The van der Waals surface area contributed by atoms with Crippen LogP contribution in [0.3, 0.4) is 0 Å². The third-order valence-corrected chi connectivity index (χ3v) is 2.52. The maximum Gasteiger partial charge on any atom is 0.335 e. The fraction of sp³-hybridized carbons (Fsp3) is 0.400. The fourth-order valence-corrected chi connectivity index (χ4v) is 1.43. The van der Waals surface area contributed by atoms with Gasteiger partial charge >= 0.3 is 5.97 Å². The predicted molar refractivity (Wildman–Crippen MR) is 55.5 cm³/mol. The third kappa shape index (κ3) is 1.86. The topological polar surface area (TPSA) is 83.4 Å². The van der Waals surface area contributed by atoms with Crippen molar-refractivity contribution in [3.05, 3.63) is 24.3 Å². The predicted octanol–water partition coefficient (Wildman–Crippen LogP) is 0.255. The molecule has 0 aromatic carbocycles. The highest BCUT2D eigenvalue weighted by Crippen LogP contribution is 2.25. The minimum atomic E-state index is -1.48. The first-order valence-electron chi connectivity index (χ1n) is 4.79. The second-order valence-electron chi connectivity index (χ2n) is 3.36. The number of aliphatic carboxylic acids is 1. The Kier molecular flexibility index (Phi) is 3.55. The van der Waals surface area contributed by atoms with Crippen LogP contribution < -0.4 is 0 Å². The smallest absolute Gasteiger partial charge is 0.335 e. The van der Waals surface area contributed by atoms with Crippen LogP contribution in [0.4, 0.5) is 0 Å². The number of nitrogens with zero attached hydrogens (tertiary/aromatic N) is 3. The maximum absolute atomic E-state index is 11.3.